The van der Waals surface area contributed by atoms with Crippen molar-refractivity contribution in [3.63, 3.8) is 0 Å². The number of ether oxygens (including phenoxy) is 1. The van der Waals surface area contributed by atoms with Crippen LogP contribution in [-0.4, -0.2) is 44.8 Å². The molecule has 31 heavy (non-hydrogen) atoms. The number of imidazole rings is 1. The number of rotatable bonds is 5. The highest BCUT2D eigenvalue weighted by Gasteiger charge is 2.23. The van der Waals surface area contributed by atoms with E-state index >= 15 is 0 Å². The molecular weight excluding hydrogens is 390 g/mol. The SMILES string of the molecule is OCCc1ccc(C(O)N2CCOc3ccc(-c4ccc5nc[nH]c5c4)cc3C2)cc1. The van der Waals surface area contributed by atoms with E-state index in [4.69, 9.17) is 9.84 Å². The Morgan fingerprint density at radius 2 is 1.84 bits per heavy atom. The van der Waals surface area contributed by atoms with Gasteiger partial charge in [0.2, 0.25) is 0 Å². The topological polar surface area (TPSA) is 81.6 Å². The van der Waals surface area contributed by atoms with Crippen LogP contribution in [0.1, 0.15) is 22.9 Å². The highest BCUT2D eigenvalue weighted by molar-refractivity contribution is 5.81. The number of aliphatic hydroxyl groups is 2. The second-order valence-corrected chi connectivity index (χ2v) is 7.86. The maximum Gasteiger partial charge on any atom is 0.133 e. The quantitative estimate of drug-likeness (QED) is 0.464. The number of fused-ring (bicyclic) bond motifs is 2. The Labute approximate surface area is 180 Å². The maximum absolute atomic E-state index is 11.0. The monoisotopic (exact) mass is 415 g/mol. The summed E-state index contributed by atoms with van der Waals surface area (Å²) in [6.45, 7) is 1.86. The predicted octanol–water partition coefficient (Wildman–Crippen LogP) is 3.65. The van der Waals surface area contributed by atoms with Gasteiger partial charge in [0, 0.05) is 25.3 Å². The first-order valence-electron chi connectivity index (χ1n) is 10.5. The van der Waals surface area contributed by atoms with Crippen molar-refractivity contribution in [1.29, 1.82) is 0 Å². The Morgan fingerprint density at radius 1 is 1.03 bits per heavy atom. The van der Waals surface area contributed by atoms with Crippen LogP contribution >= 0.6 is 0 Å². The highest BCUT2D eigenvalue weighted by atomic mass is 16.5. The van der Waals surface area contributed by atoms with E-state index < -0.39 is 6.23 Å². The van der Waals surface area contributed by atoms with E-state index in [2.05, 4.69) is 34.2 Å². The Hall–Kier alpha value is -3.19. The smallest absolute Gasteiger partial charge is 0.133 e. The van der Waals surface area contributed by atoms with Gasteiger partial charge in [-0.2, -0.15) is 0 Å². The minimum atomic E-state index is -0.720. The Morgan fingerprint density at radius 3 is 2.68 bits per heavy atom. The first kappa shape index (κ1) is 19.8. The van der Waals surface area contributed by atoms with Crippen molar-refractivity contribution in [2.45, 2.75) is 19.2 Å². The molecule has 2 heterocycles. The van der Waals surface area contributed by atoms with Gasteiger partial charge < -0.3 is 19.9 Å². The molecule has 0 spiro atoms. The van der Waals surface area contributed by atoms with E-state index in [1.807, 2.05) is 41.3 Å². The molecule has 0 amide bonds. The van der Waals surface area contributed by atoms with E-state index in [9.17, 15) is 5.11 Å². The van der Waals surface area contributed by atoms with Crippen LogP contribution in [0.25, 0.3) is 22.2 Å². The molecule has 0 fully saturated rings. The molecule has 1 aromatic heterocycles. The molecular formula is C25H25N3O3. The summed E-state index contributed by atoms with van der Waals surface area (Å²) in [7, 11) is 0. The molecule has 0 saturated heterocycles. The molecule has 158 valence electrons. The van der Waals surface area contributed by atoms with Gasteiger partial charge in [0.05, 0.1) is 17.4 Å². The van der Waals surface area contributed by atoms with Crippen LogP contribution < -0.4 is 4.74 Å². The van der Waals surface area contributed by atoms with Gasteiger partial charge in [0.25, 0.3) is 0 Å². The number of hydrogen-bond donors (Lipinski definition) is 3. The fourth-order valence-electron chi connectivity index (χ4n) is 4.11. The second kappa shape index (κ2) is 8.51. The summed E-state index contributed by atoms with van der Waals surface area (Å²) in [6.07, 6.45) is 1.60. The number of nitrogens with zero attached hydrogens (tertiary/aromatic N) is 2. The van der Waals surface area contributed by atoms with Crippen LogP contribution in [0, 0.1) is 0 Å². The number of hydrogen-bond acceptors (Lipinski definition) is 5. The van der Waals surface area contributed by atoms with Crippen molar-refractivity contribution in [2.75, 3.05) is 19.8 Å². The van der Waals surface area contributed by atoms with Crippen molar-refractivity contribution < 1.29 is 14.9 Å². The summed E-state index contributed by atoms with van der Waals surface area (Å²) in [5, 5.41) is 20.1. The number of nitrogens with one attached hydrogen (secondary N) is 1. The van der Waals surface area contributed by atoms with Gasteiger partial charge in [-0.05, 0) is 52.9 Å². The molecule has 0 aliphatic carbocycles. The molecule has 6 nitrogen and oxygen atoms in total. The van der Waals surface area contributed by atoms with Crippen LogP contribution in [0.2, 0.25) is 0 Å². The van der Waals surface area contributed by atoms with Gasteiger partial charge in [0.1, 0.15) is 18.6 Å². The fourth-order valence-corrected chi connectivity index (χ4v) is 4.11. The maximum atomic E-state index is 11.0. The Kier molecular flexibility index (Phi) is 5.42. The average Bonchev–Trinajstić information content (AvgIpc) is 3.17. The number of H-pyrrole nitrogens is 1. The van der Waals surface area contributed by atoms with Crippen LogP contribution in [0.5, 0.6) is 5.75 Å². The lowest BCUT2D eigenvalue weighted by molar-refractivity contribution is -0.00657. The molecule has 1 aliphatic heterocycles. The van der Waals surface area contributed by atoms with E-state index in [-0.39, 0.29) is 6.61 Å². The summed E-state index contributed by atoms with van der Waals surface area (Å²) < 4.78 is 5.97. The summed E-state index contributed by atoms with van der Waals surface area (Å²) in [4.78, 5) is 9.47. The summed E-state index contributed by atoms with van der Waals surface area (Å²) in [5.74, 6) is 0.861. The molecule has 3 N–H and O–H groups in total. The predicted molar refractivity (Wildman–Crippen MR) is 120 cm³/mol. The second-order valence-electron chi connectivity index (χ2n) is 7.86. The molecule has 1 aliphatic rings. The normalized spacial score (nSPS) is 15.3. The standard InChI is InChI=1S/C25H25N3O3/c29-11-9-17-1-3-18(4-2-17)25(30)28-10-12-31-24-8-6-19(13-21(24)15-28)20-5-7-22-23(14-20)27-16-26-22/h1-8,13-14,16,25,29-30H,9-12,15H2,(H,26,27). The molecule has 5 rings (SSSR count). The van der Waals surface area contributed by atoms with E-state index in [1.165, 1.54) is 0 Å². The zero-order chi connectivity index (χ0) is 21.2. The first-order valence-corrected chi connectivity index (χ1v) is 10.5. The van der Waals surface area contributed by atoms with E-state index in [0.29, 0.717) is 26.1 Å². The third-order valence-corrected chi connectivity index (χ3v) is 5.85. The lowest BCUT2D eigenvalue weighted by atomic mass is 10.0. The minimum Gasteiger partial charge on any atom is -0.492 e. The lowest BCUT2D eigenvalue weighted by Crippen LogP contribution is -2.30. The van der Waals surface area contributed by atoms with E-state index in [1.54, 1.807) is 6.33 Å². The van der Waals surface area contributed by atoms with Crippen molar-refractivity contribution >= 4 is 11.0 Å². The molecule has 4 aromatic rings. The average molecular weight is 415 g/mol. The zero-order valence-electron chi connectivity index (χ0n) is 17.2. The molecule has 3 aromatic carbocycles. The molecule has 0 saturated carbocycles. The van der Waals surface area contributed by atoms with Gasteiger partial charge in [-0.1, -0.05) is 36.4 Å². The summed E-state index contributed by atoms with van der Waals surface area (Å²) >= 11 is 0. The third-order valence-electron chi connectivity index (χ3n) is 5.85. The number of aromatic nitrogens is 2. The summed E-state index contributed by atoms with van der Waals surface area (Å²) in [5.41, 5.74) is 7.11. The zero-order valence-corrected chi connectivity index (χ0v) is 17.2. The van der Waals surface area contributed by atoms with Gasteiger partial charge in [-0.25, -0.2) is 4.98 Å². The van der Waals surface area contributed by atoms with Crippen molar-refractivity contribution in [1.82, 2.24) is 14.9 Å². The van der Waals surface area contributed by atoms with Crippen LogP contribution in [-0.2, 0) is 13.0 Å². The molecule has 0 radical (unpaired) electrons. The molecule has 1 unspecified atom stereocenters. The number of aliphatic hydroxyl groups excluding tert-OH is 2. The van der Waals surface area contributed by atoms with Gasteiger partial charge >= 0.3 is 0 Å². The fraction of sp³-hybridized carbons (Fsp3) is 0.240. The molecule has 6 heteroatoms. The molecule has 0 bridgehead atoms. The van der Waals surface area contributed by atoms with Gasteiger partial charge in [-0.3, -0.25) is 4.90 Å². The number of aromatic amines is 1. The van der Waals surface area contributed by atoms with Crippen molar-refractivity contribution in [2.24, 2.45) is 0 Å². The van der Waals surface area contributed by atoms with Crippen molar-refractivity contribution in [3.05, 3.63) is 83.7 Å². The van der Waals surface area contributed by atoms with E-state index in [0.717, 1.165) is 44.6 Å². The third kappa shape index (κ3) is 4.05. The summed E-state index contributed by atoms with van der Waals surface area (Å²) in [6, 6.07) is 20.2. The Bertz CT molecular complexity index is 1190. The molecule has 1 atom stereocenters. The van der Waals surface area contributed by atoms with Crippen LogP contribution in [0.15, 0.2) is 67.0 Å². The van der Waals surface area contributed by atoms with Crippen molar-refractivity contribution in [3.8, 4) is 16.9 Å². The largest absolute Gasteiger partial charge is 0.492 e. The van der Waals surface area contributed by atoms with Crippen LogP contribution in [0.3, 0.4) is 0 Å². The first-order chi connectivity index (χ1) is 15.2. The van der Waals surface area contributed by atoms with Crippen LogP contribution in [0.4, 0.5) is 0 Å². The lowest BCUT2D eigenvalue weighted by Gasteiger charge is -2.26. The highest BCUT2D eigenvalue weighted by Crippen LogP contribution is 2.32. The Balaban J connectivity index is 1.40. The van der Waals surface area contributed by atoms with Gasteiger partial charge in [0.15, 0.2) is 0 Å². The number of benzene rings is 3. The van der Waals surface area contributed by atoms with Gasteiger partial charge in [-0.15, -0.1) is 0 Å². The minimum absolute atomic E-state index is 0.123.